The number of pyridine rings is 6. The summed E-state index contributed by atoms with van der Waals surface area (Å²) in [6, 6.07) is 10.9. The Bertz CT molecular complexity index is 4390. The zero-order valence-electron chi connectivity index (χ0n) is 77.1. The van der Waals surface area contributed by atoms with Gasteiger partial charge in [-0.2, -0.15) is 15.0 Å². The number of aryl methyl sites for hydroxylation is 2. The van der Waals surface area contributed by atoms with Crippen molar-refractivity contribution >= 4 is 157 Å². The Hall–Kier alpha value is -8.94. The number of morpholine rings is 6. The van der Waals surface area contributed by atoms with Crippen LogP contribution in [-0.2, 0) is 52.4 Å². The molecule has 0 atom stereocenters. The van der Waals surface area contributed by atoms with Gasteiger partial charge in [0.15, 0.2) is 10.3 Å². The van der Waals surface area contributed by atoms with Crippen LogP contribution >= 0.6 is 58.0 Å². The van der Waals surface area contributed by atoms with Gasteiger partial charge in [-0.15, -0.1) is 0 Å². The smallest absolute Gasteiger partial charge is 0.241 e. The van der Waals surface area contributed by atoms with E-state index in [1.807, 2.05) is 67.5 Å². The van der Waals surface area contributed by atoms with Gasteiger partial charge < -0.3 is 114 Å². The molecule has 34 nitrogen and oxygen atoms in total. The fraction of sp³-hybridized carbons (Fsp3) is 0.611. The zero-order chi connectivity index (χ0) is 93.3. The summed E-state index contributed by atoms with van der Waals surface area (Å²) in [5.41, 5.74) is 10.6. The molecule has 8 fully saturated rings. The van der Waals surface area contributed by atoms with Crippen LogP contribution in [-0.4, -0.2) is 253 Å². The van der Waals surface area contributed by atoms with Gasteiger partial charge in [-0.1, -0.05) is 132 Å². The van der Waals surface area contributed by atoms with Crippen molar-refractivity contribution in [3.63, 3.8) is 0 Å². The van der Waals surface area contributed by atoms with Crippen molar-refractivity contribution in [2.24, 2.45) is 22.7 Å². The molecular formula is C90H131Cl5N18O16. The van der Waals surface area contributed by atoms with Crippen molar-refractivity contribution in [1.82, 2.24) is 29.9 Å². The van der Waals surface area contributed by atoms with Gasteiger partial charge in [0, 0.05) is 141 Å². The third kappa shape index (κ3) is 32.8. The number of carbonyl (C=O) groups excluding carboxylic acids is 5. The average molecular weight is 1900 g/mol. The summed E-state index contributed by atoms with van der Waals surface area (Å²) in [4.78, 5) is 99.8. The lowest BCUT2D eigenvalue weighted by atomic mass is 9.92. The number of nitrogens with one attached hydrogen (secondary N) is 5. The zero-order valence-corrected chi connectivity index (χ0v) is 80.9. The fourth-order valence-electron chi connectivity index (χ4n) is 15.2. The maximum atomic E-state index is 12.3. The van der Waals surface area contributed by atoms with Crippen molar-refractivity contribution in [3.8, 4) is 29.1 Å². The lowest BCUT2D eigenvalue weighted by molar-refractivity contribution is -0.118. The second-order valence-corrected chi connectivity index (χ2v) is 36.3. The Balaban J connectivity index is 0.000000176. The van der Waals surface area contributed by atoms with Crippen LogP contribution in [0.1, 0.15) is 143 Å². The third-order valence-electron chi connectivity index (χ3n) is 22.0. The molecule has 0 spiro atoms. The largest absolute Gasteiger partial charge is 0.494 e. The molecule has 0 bridgehead atoms. The first-order valence-corrected chi connectivity index (χ1v) is 46.1. The molecule has 14 rings (SSSR count). The number of halogens is 5. The summed E-state index contributed by atoms with van der Waals surface area (Å²) in [7, 11) is 7.68. The van der Waals surface area contributed by atoms with Crippen molar-refractivity contribution in [2.75, 3.05) is 255 Å². The van der Waals surface area contributed by atoms with Crippen LogP contribution < -0.4 is 85.4 Å². The molecule has 39 heteroatoms. The molecule has 6 saturated heterocycles. The van der Waals surface area contributed by atoms with E-state index in [9.17, 15) is 24.0 Å². The summed E-state index contributed by atoms with van der Waals surface area (Å²) < 4.78 is 58.8. The number of ether oxygens (including phenoxy) is 11. The first kappa shape index (κ1) is 104. The molecular weight excluding hydrogens is 1770 g/mol. The minimum Gasteiger partial charge on any atom is -0.494 e. The highest BCUT2D eigenvalue weighted by Crippen LogP contribution is 2.42. The highest BCUT2D eigenvalue weighted by molar-refractivity contribution is 6.36. The predicted octanol–water partition coefficient (Wildman–Crippen LogP) is 15.2. The molecule has 6 aromatic rings. The highest BCUT2D eigenvalue weighted by atomic mass is 35.5. The van der Waals surface area contributed by atoms with Gasteiger partial charge in [-0.25, -0.2) is 15.0 Å². The van der Waals surface area contributed by atoms with Gasteiger partial charge in [-0.3, -0.25) is 24.0 Å². The molecule has 712 valence electrons. The number of nitrogens with zero attached hydrogens (tertiary/aromatic N) is 12. The lowest BCUT2D eigenvalue weighted by Crippen LogP contribution is -2.36. The number of rotatable bonds is 23. The molecule has 0 radical (unpaired) electrons. The number of amides is 5. The van der Waals surface area contributed by atoms with E-state index in [1.54, 1.807) is 45.4 Å². The van der Waals surface area contributed by atoms with Gasteiger partial charge >= 0.3 is 0 Å². The molecule has 0 unspecified atom stereocenters. The number of carbonyl (C=O) groups is 5. The number of hydrogen-bond donors (Lipinski definition) is 6. The van der Waals surface area contributed by atoms with Crippen LogP contribution in [0.5, 0.6) is 29.1 Å². The van der Waals surface area contributed by atoms with E-state index in [4.69, 9.17) is 116 Å². The molecule has 6 aromatic heterocycles. The fourth-order valence-corrected chi connectivity index (χ4v) is 16.3. The topological polar surface area (TPSA) is 370 Å². The second kappa shape index (κ2) is 51.8. The van der Waals surface area contributed by atoms with Gasteiger partial charge in [0.25, 0.3) is 0 Å². The van der Waals surface area contributed by atoms with E-state index in [0.29, 0.717) is 183 Å². The van der Waals surface area contributed by atoms with Crippen LogP contribution in [0.15, 0.2) is 36.4 Å². The summed E-state index contributed by atoms with van der Waals surface area (Å²) in [6.45, 7) is 35.4. The summed E-state index contributed by atoms with van der Waals surface area (Å²) in [6.07, 6.45) is 11.6. The Morgan fingerprint density at radius 1 is 0.372 bits per heavy atom. The molecule has 7 N–H and O–H groups in total. The first-order valence-electron chi connectivity index (χ1n) is 44.2. The Kier molecular flexibility index (Phi) is 41.6. The van der Waals surface area contributed by atoms with Crippen LogP contribution in [0.4, 0.5) is 69.0 Å². The third-order valence-corrected chi connectivity index (χ3v) is 23.5. The van der Waals surface area contributed by atoms with E-state index >= 15 is 0 Å². The number of anilines is 12. The van der Waals surface area contributed by atoms with Crippen LogP contribution in [0.3, 0.4) is 0 Å². The minimum atomic E-state index is -0.133. The first-order chi connectivity index (χ1) is 61.8. The SMILES string of the molecule is CCC(=O)Nc1c(Cl)cc(N2CCOCC2)nc1OC.COc1cc(N2CCOCC2)nc(Cl)c1NC(=O)CC(C)(C)C.COc1cc(N2CCOCC2)nc(Cl)c1NC(=O)CC1CCCC1.COc1nc(N2CCOCC2)cc(Cl)c1NC(=O)CC(C)(C)C.COc1nc(N2CCOCC2)cc(Cl)c1NC(=O)CC1CCCC1.Cc1cc(N2CCOCC2)nc(C)c1N. The molecule has 12 heterocycles. The van der Waals surface area contributed by atoms with Crippen LogP contribution in [0.25, 0.3) is 0 Å². The maximum absolute atomic E-state index is 12.3. The molecule has 5 amide bonds. The Morgan fingerprint density at radius 3 is 0.891 bits per heavy atom. The summed E-state index contributed by atoms with van der Waals surface area (Å²) in [5, 5.41) is 15.9. The van der Waals surface area contributed by atoms with Gasteiger partial charge in [0.05, 0.1) is 141 Å². The molecule has 2 aliphatic carbocycles. The molecule has 0 aromatic carbocycles. The van der Waals surface area contributed by atoms with E-state index in [1.165, 1.54) is 47.0 Å². The van der Waals surface area contributed by atoms with Crippen molar-refractivity contribution in [3.05, 3.63) is 73.0 Å². The van der Waals surface area contributed by atoms with Crippen molar-refractivity contribution in [2.45, 2.75) is 146 Å². The molecule has 8 aliphatic rings. The van der Waals surface area contributed by atoms with Crippen LogP contribution in [0, 0.1) is 36.5 Å². The molecule has 2 saturated carbocycles. The standard InChI is InChI=1S/2C17H24ClN3O3.2C16H24ClN3O3.C13H18ClN3O3.C11H17N3O/c1-23-13-11-14(21-6-8-24-9-7-21)19-17(18)16(13)20-15(22)10-12-4-2-3-5-12;1-23-17-16(20-15(22)10-12-4-2-3-5-12)13(18)11-14(19-17)21-6-8-24-9-7-21;1-16(2,3)10-13(21)19-14-11(22-4)9-12(18-15(14)17)20-5-7-23-8-6-20;1-16(2,3)10-13(21)19-14-11(17)9-12(18-15(14)22-4)20-5-7-23-8-6-20;1-3-11(18)16-12-9(14)8-10(15-13(12)19-2)17-4-6-20-7-5-17;1-8-7-10(13-9(2)11(8)12)14-3-5-15-6-4-14/h2*11-12H,2-10H2,1H3,(H,20,22);2*9H,5-8,10H2,1-4H3,(H,19,21);8H,3-7H2,1-2H3,(H,16,18);7H,3-6,12H2,1-2H3. The van der Waals surface area contributed by atoms with E-state index in [0.717, 1.165) is 169 Å². The van der Waals surface area contributed by atoms with E-state index < -0.39 is 0 Å². The Labute approximate surface area is 783 Å². The van der Waals surface area contributed by atoms with Crippen molar-refractivity contribution in [1.29, 1.82) is 0 Å². The van der Waals surface area contributed by atoms with Gasteiger partial charge in [-0.05, 0) is 73.8 Å². The number of nitrogens with two attached hydrogens (primary N) is 1. The van der Waals surface area contributed by atoms with Gasteiger partial charge in [0.2, 0.25) is 47.2 Å². The van der Waals surface area contributed by atoms with Crippen molar-refractivity contribution < 1.29 is 76.1 Å². The van der Waals surface area contributed by atoms with E-state index in [2.05, 4.69) is 85.9 Å². The van der Waals surface area contributed by atoms with Gasteiger partial charge in [0.1, 0.15) is 74.8 Å². The average Bonchev–Trinajstić information content (AvgIpc) is 1.90. The monoisotopic (exact) mass is 1890 g/mol. The number of aromatic nitrogens is 6. The number of nitrogen functional groups attached to an aromatic ring is 1. The minimum absolute atomic E-state index is 0.0250. The second-order valence-electron chi connectivity index (χ2n) is 34.4. The normalized spacial score (nSPS) is 16.7. The van der Waals surface area contributed by atoms with E-state index in [-0.39, 0.29) is 50.7 Å². The maximum Gasteiger partial charge on any atom is 0.241 e. The summed E-state index contributed by atoms with van der Waals surface area (Å²) >= 11 is 31.6. The summed E-state index contributed by atoms with van der Waals surface area (Å²) in [5.74, 6) is 7.28. The van der Waals surface area contributed by atoms with Crippen LogP contribution in [0.2, 0.25) is 25.4 Å². The number of hydrogen-bond acceptors (Lipinski definition) is 29. The Morgan fingerprint density at radius 2 is 0.628 bits per heavy atom. The number of methoxy groups -OCH3 is 5. The quantitative estimate of drug-likeness (QED) is 0.0324. The molecule has 129 heavy (non-hydrogen) atoms. The predicted molar refractivity (Wildman–Crippen MR) is 510 cm³/mol. The molecule has 6 aliphatic heterocycles. The lowest BCUT2D eigenvalue weighted by Gasteiger charge is -2.28. The highest BCUT2D eigenvalue weighted by Gasteiger charge is 2.30.